The molecule has 1 N–H and O–H groups in total. The summed E-state index contributed by atoms with van der Waals surface area (Å²) in [6, 6.07) is 0. The number of nitrogens with zero attached hydrogens (tertiary/aromatic N) is 6. The smallest absolute Gasteiger partial charge is 0.208 e. The Bertz CT molecular complexity index is 437. The third-order valence-corrected chi connectivity index (χ3v) is 2.58. The summed E-state index contributed by atoms with van der Waals surface area (Å²) < 4.78 is 3.72. The molecule has 0 amide bonds. The Kier molecular flexibility index (Phi) is 2.22. The van der Waals surface area contributed by atoms with Crippen LogP contribution in [0.5, 0.6) is 0 Å². The molecule has 2 aromatic heterocycles. The Morgan fingerprint density at radius 1 is 1.43 bits per heavy atom. The lowest BCUT2D eigenvalue weighted by Crippen LogP contribution is -2.02. The van der Waals surface area contributed by atoms with Crippen molar-refractivity contribution in [2.75, 3.05) is 0 Å². The molecule has 0 aliphatic heterocycles. The van der Waals surface area contributed by atoms with Crippen molar-refractivity contribution in [1.82, 2.24) is 29.8 Å². The lowest BCUT2D eigenvalue weighted by molar-refractivity contribution is 0.212. The minimum Gasteiger partial charge on any atom is -0.379 e. The topological polar surface area (TPSA) is 89.6 Å². The monoisotopic (exact) mass is 212 g/mol. The number of aliphatic hydroxyl groups excluding tert-OH is 1. The average Bonchev–Trinajstić information content (AvgIpc) is 2.73. The lowest BCUT2D eigenvalue weighted by atomic mass is 10.2. The van der Waals surface area contributed by atoms with Crippen molar-refractivity contribution < 1.29 is 5.11 Å². The van der Waals surface area contributed by atoms with Crippen LogP contribution in [0.1, 0.15) is 22.5 Å². The highest BCUT2D eigenvalue weighted by molar-refractivity contribution is 7.05. The van der Waals surface area contributed by atoms with E-state index in [4.69, 9.17) is 0 Å². The van der Waals surface area contributed by atoms with E-state index < -0.39 is 6.10 Å². The Morgan fingerprint density at radius 3 is 2.71 bits per heavy atom. The van der Waals surface area contributed by atoms with E-state index in [1.165, 1.54) is 4.80 Å². The fourth-order valence-electron chi connectivity index (χ4n) is 1.01. The van der Waals surface area contributed by atoms with Crippen LogP contribution in [0.4, 0.5) is 0 Å². The predicted molar refractivity (Wildman–Crippen MR) is 47.5 cm³/mol. The Hall–Kier alpha value is -1.41. The molecular weight excluding hydrogens is 204 g/mol. The predicted octanol–water partition coefficient (Wildman–Crippen LogP) is -0.548. The molecule has 0 aliphatic carbocycles. The van der Waals surface area contributed by atoms with Gasteiger partial charge in [-0.15, -0.1) is 15.3 Å². The van der Waals surface area contributed by atoms with Crippen molar-refractivity contribution in [2.45, 2.75) is 13.0 Å². The molecule has 2 rings (SSSR count). The molecule has 0 spiro atoms. The van der Waals surface area contributed by atoms with E-state index in [0.29, 0.717) is 10.6 Å². The summed E-state index contributed by atoms with van der Waals surface area (Å²) in [6.07, 6.45) is -0.885. The highest BCUT2D eigenvalue weighted by Gasteiger charge is 2.20. The minimum atomic E-state index is -0.885. The van der Waals surface area contributed by atoms with Crippen molar-refractivity contribution in [1.29, 1.82) is 0 Å². The number of hydrogen-bond donors (Lipinski definition) is 1. The lowest BCUT2D eigenvalue weighted by Gasteiger charge is -2.01. The van der Waals surface area contributed by atoms with Crippen LogP contribution < -0.4 is 0 Å². The van der Waals surface area contributed by atoms with Gasteiger partial charge < -0.3 is 5.11 Å². The van der Waals surface area contributed by atoms with Crippen LogP contribution in [-0.2, 0) is 7.05 Å². The van der Waals surface area contributed by atoms with Gasteiger partial charge in [0.25, 0.3) is 0 Å². The van der Waals surface area contributed by atoms with Gasteiger partial charge in [-0.3, -0.25) is 0 Å². The summed E-state index contributed by atoms with van der Waals surface area (Å²) in [5, 5.41) is 24.9. The van der Waals surface area contributed by atoms with Crippen molar-refractivity contribution in [2.24, 2.45) is 7.05 Å². The fourth-order valence-corrected chi connectivity index (χ4v) is 1.64. The van der Waals surface area contributed by atoms with Gasteiger partial charge in [0, 0.05) is 0 Å². The number of aliphatic hydroxyl groups is 1. The molecule has 2 aromatic rings. The van der Waals surface area contributed by atoms with Crippen LogP contribution >= 0.6 is 11.5 Å². The molecule has 0 radical (unpaired) electrons. The number of hydrogen-bond acceptors (Lipinski definition) is 7. The zero-order valence-electron chi connectivity index (χ0n) is 7.62. The molecule has 0 bridgehead atoms. The molecule has 0 saturated carbocycles. The van der Waals surface area contributed by atoms with Gasteiger partial charge in [-0.2, -0.15) is 4.80 Å². The van der Waals surface area contributed by atoms with Gasteiger partial charge in [0.15, 0.2) is 6.10 Å². The normalized spacial score (nSPS) is 13.1. The summed E-state index contributed by atoms with van der Waals surface area (Å²) in [5.41, 5.74) is 0.690. The van der Waals surface area contributed by atoms with Crippen molar-refractivity contribution >= 4 is 11.5 Å². The zero-order valence-corrected chi connectivity index (χ0v) is 8.43. The van der Waals surface area contributed by atoms with E-state index in [9.17, 15) is 5.11 Å². The van der Waals surface area contributed by atoms with Gasteiger partial charge in [0.1, 0.15) is 0 Å². The Morgan fingerprint density at radius 2 is 2.21 bits per heavy atom. The van der Waals surface area contributed by atoms with Crippen LogP contribution in [0.3, 0.4) is 0 Å². The molecule has 0 aromatic carbocycles. The van der Waals surface area contributed by atoms with Gasteiger partial charge in [-0.05, 0) is 23.7 Å². The SMILES string of the molecule is Cc1nnsc1C(O)c1nnn(C)n1. The number of aryl methyl sites for hydroxylation is 2. The van der Waals surface area contributed by atoms with E-state index in [1.54, 1.807) is 14.0 Å². The number of rotatable bonds is 2. The Balaban J connectivity index is 2.33. The average molecular weight is 212 g/mol. The standard InChI is InChI=1S/C6H8N6OS/c1-3-5(14-11-7-3)4(13)6-8-10-12(2)9-6/h4,13H,1-2H3. The molecule has 74 valence electrons. The maximum atomic E-state index is 9.83. The molecule has 0 aliphatic rings. The first-order valence-electron chi connectivity index (χ1n) is 3.89. The first-order chi connectivity index (χ1) is 6.68. The summed E-state index contributed by atoms with van der Waals surface area (Å²) in [5.74, 6) is 0.265. The minimum absolute atomic E-state index is 0.265. The van der Waals surface area contributed by atoms with Gasteiger partial charge >= 0.3 is 0 Å². The summed E-state index contributed by atoms with van der Waals surface area (Å²) >= 11 is 1.13. The zero-order chi connectivity index (χ0) is 10.1. The Labute approximate surface area is 83.6 Å². The van der Waals surface area contributed by atoms with Gasteiger partial charge in [0.2, 0.25) is 5.82 Å². The fraction of sp³-hybridized carbons (Fsp3) is 0.500. The van der Waals surface area contributed by atoms with Gasteiger partial charge in [0.05, 0.1) is 17.6 Å². The first kappa shape index (κ1) is 9.16. The van der Waals surface area contributed by atoms with Crippen molar-refractivity contribution in [3.63, 3.8) is 0 Å². The molecule has 2 heterocycles. The van der Waals surface area contributed by atoms with E-state index in [0.717, 1.165) is 11.5 Å². The number of aromatic nitrogens is 6. The second-order valence-electron chi connectivity index (χ2n) is 2.76. The van der Waals surface area contributed by atoms with Crippen LogP contribution in [0.25, 0.3) is 0 Å². The summed E-state index contributed by atoms with van der Waals surface area (Å²) in [6.45, 7) is 1.78. The van der Waals surface area contributed by atoms with E-state index in [1.807, 2.05) is 0 Å². The molecule has 1 unspecified atom stereocenters. The third kappa shape index (κ3) is 1.49. The quantitative estimate of drug-likeness (QED) is 0.718. The maximum absolute atomic E-state index is 9.83. The summed E-state index contributed by atoms with van der Waals surface area (Å²) in [4.78, 5) is 1.94. The largest absolute Gasteiger partial charge is 0.379 e. The molecule has 14 heavy (non-hydrogen) atoms. The third-order valence-electron chi connectivity index (χ3n) is 1.70. The highest BCUT2D eigenvalue weighted by atomic mass is 32.1. The molecular formula is C6H8N6OS. The maximum Gasteiger partial charge on any atom is 0.208 e. The van der Waals surface area contributed by atoms with Crippen LogP contribution in [0, 0.1) is 6.92 Å². The second-order valence-corrected chi connectivity index (χ2v) is 3.55. The van der Waals surface area contributed by atoms with Crippen molar-refractivity contribution in [3.8, 4) is 0 Å². The van der Waals surface area contributed by atoms with Crippen LogP contribution in [-0.4, -0.2) is 34.9 Å². The summed E-state index contributed by atoms with van der Waals surface area (Å²) in [7, 11) is 1.64. The molecule has 1 atom stereocenters. The highest BCUT2D eigenvalue weighted by Crippen LogP contribution is 2.23. The van der Waals surface area contributed by atoms with Gasteiger partial charge in [-0.1, -0.05) is 4.49 Å². The molecule has 7 nitrogen and oxygen atoms in total. The molecule has 8 heteroatoms. The van der Waals surface area contributed by atoms with E-state index >= 15 is 0 Å². The van der Waals surface area contributed by atoms with Crippen molar-refractivity contribution in [3.05, 3.63) is 16.4 Å². The first-order valence-corrected chi connectivity index (χ1v) is 4.66. The van der Waals surface area contributed by atoms with E-state index in [-0.39, 0.29) is 5.82 Å². The second kappa shape index (κ2) is 3.39. The van der Waals surface area contributed by atoms with Crippen LogP contribution in [0.2, 0.25) is 0 Å². The van der Waals surface area contributed by atoms with Crippen LogP contribution in [0.15, 0.2) is 0 Å². The molecule has 0 saturated heterocycles. The molecule has 0 fully saturated rings. The van der Waals surface area contributed by atoms with E-state index in [2.05, 4.69) is 25.0 Å². The number of tetrazole rings is 1. The van der Waals surface area contributed by atoms with Gasteiger partial charge in [-0.25, -0.2) is 0 Å².